The first-order valence-electron chi connectivity index (χ1n) is 4.23. The van der Waals surface area contributed by atoms with Crippen molar-refractivity contribution in [3.63, 3.8) is 0 Å². The lowest BCUT2D eigenvalue weighted by Crippen LogP contribution is -2.05. The molecule has 3 atom stereocenters. The van der Waals surface area contributed by atoms with Crippen LogP contribution in [0, 0.1) is 0 Å². The van der Waals surface area contributed by atoms with E-state index in [2.05, 4.69) is 6.58 Å². The maximum Gasteiger partial charge on any atom is 0.181 e. The van der Waals surface area contributed by atoms with Gasteiger partial charge in [0.15, 0.2) is 6.29 Å². The predicted molar refractivity (Wildman–Crippen MR) is 45.9 cm³/mol. The van der Waals surface area contributed by atoms with Gasteiger partial charge in [-0.25, -0.2) is 0 Å². The van der Waals surface area contributed by atoms with Crippen LogP contribution in [0.2, 0.25) is 0 Å². The Morgan fingerprint density at radius 2 is 2.17 bits per heavy atom. The van der Waals surface area contributed by atoms with Crippen LogP contribution in [0.25, 0.3) is 0 Å². The van der Waals surface area contributed by atoms with Crippen LogP contribution in [-0.4, -0.2) is 31.7 Å². The Bertz CT molecular complexity index is 143. The first kappa shape index (κ1) is 9.71. The zero-order chi connectivity index (χ0) is 8.97. The van der Waals surface area contributed by atoms with Crippen LogP contribution in [0.1, 0.15) is 13.8 Å². The van der Waals surface area contributed by atoms with E-state index in [1.807, 2.05) is 13.8 Å². The summed E-state index contributed by atoms with van der Waals surface area (Å²) < 4.78 is 15.2. The fourth-order valence-electron chi connectivity index (χ4n) is 0.743. The molecule has 2 heterocycles. The number of hydrogen-bond acceptors (Lipinski definition) is 3. The molecule has 3 unspecified atom stereocenters. The normalized spacial score (nSPS) is 36.3. The van der Waals surface area contributed by atoms with Gasteiger partial charge in [-0.1, -0.05) is 6.08 Å². The monoisotopic (exact) mass is 172 g/mol. The smallest absolute Gasteiger partial charge is 0.181 e. The largest absolute Gasteiger partial charge is 0.367 e. The molecule has 2 aliphatic rings. The van der Waals surface area contributed by atoms with Crippen LogP contribution in [-0.2, 0) is 14.2 Å². The minimum absolute atomic E-state index is 0.0846. The van der Waals surface area contributed by atoms with E-state index in [0.29, 0.717) is 18.8 Å². The van der Waals surface area contributed by atoms with Crippen molar-refractivity contribution in [3.05, 3.63) is 12.7 Å². The first-order valence-corrected chi connectivity index (χ1v) is 4.23. The molecule has 2 saturated heterocycles. The third-order valence-corrected chi connectivity index (χ3v) is 1.59. The second-order valence-corrected chi connectivity index (χ2v) is 2.88. The van der Waals surface area contributed by atoms with E-state index in [-0.39, 0.29) is 6.29 Å². The molecule has 12 heavy (non-hydrogen) atoms. The van der Waals surface area contributed by atoms with Gasteiger partial charge in [0.25, 0.3) is 0 Å². The Morgan fingerprint density at radius 1 is 1.67 bits per heavy atom. The molecule has 70 valence electrons. The van der Waals surface area contributed by atoms with E-state index >= 15 is 0 Å². The number of epoxide rings is 2. The van der Waals surface area contributed by atoms with Crippen molar-refractivity contribution in [3.8, 4) is 0 Å². The molecule has 0 aromatic rings. The molecule has 2 aliphatic heterocycles. The lowest BCUT2D eigenvalue weighted by atomic mass is 10.4. The molecule has 0 bridgehead atoms. The van der Waals surface area contributed by atoms with Crippen molar-refractivity contribution in [2.24, 2.45) is 0 Å². The van der Waals surface area contributed by atoms with Gasteiger partial charge >= 0.3 is 0 Å². The topological polar surface area (TPSA) is 34.3 Å². The first-order chi connectivity index (χ1) is 5.77. The van der Waals surface area contributed by atoms with E-state index < -0.39 is 0 Å². The average molecular weight is 172 g/mol. The van der Waals surface area contributed by atoms with Gasteiger partial charge in [-0.05, 0) is 13.8 Å². The SMILES string of the molecule is C=CC.CC1OC1COC1CO1. The lowest BCUT2D eigenvalue weighted by molar-refractivity contribution is 0.0406. The van der Waals surface area contributed by atoms with Gasteiger partial charge in [-0.3, -0.25) is 0 Å². The molecule has 0 radical (unpaired) electrons. The van der Waals surface area contributed by atoms with Gasteiger partial charge < -0.3 is 14.2 Å². The summed E-state index contributed by atoms with van der Waals surface area (Å²) >= 11 is 0. The van der Waals surface area contributed by atoms with E-state index in [1.165, 1.54) is 0 Å². The molecular formula is C9H16O3. The van der Waals surface area contributed by atoms with E-state index in [1.54, 1.807) is 6.08 Å². The van der Waals surface area contributed by atoms with Gasteiger partial charge in [0.1, 0.15) is 12.7 Å². The Labute approximate surface area is 73.3 Å². The molecule has 0 amide bonds. The van der Waals surface area contributed by atoms with Gasteiger partial charge in [0, 0.05) is 0 Å². The van der Waals surface area contributed by atoms with Crippen LogP contribution in [0.3, 0.4) is 0 Å². The highest BCUT2D eigenvalue weighted by Crippen LogP contribution is 2.23. The summed E-state index contributed by atoms with van der Waals surface area (Å²) in [4.78, 5) is 0. The summed E-state index contributed by atoms with van der Waals surface area (Å²) in [5.74, 6) is 0. The minimum atomic E-state index is 0.0846. The van der Waals surface area contributed by atoms with E-state index in [0.717, 1.165) is 6.61 Å². The fourth-order valence-corrected chi connectivity index (χ4v) is 0.743. The Hall–Kier alpha value is -0.380. The molecule has 3 nitrogen and oxygen atoms in total. The molecule has 0 aliphatic carbocycles. The summed E-state index contributed by atoms with van der Waals surface area (Å²) in [6, 6.07) is 0. The van der Waals surface area contributed by atoms with Crippen LogP contribution >= 0.6 is 0 Å². The van der Waals surface area contributed by atoms with Gasteiger partial charge in [-0.2, -0.15) is 0 Å². The van der Waals surface area contributed by atoms with Crippen LogP contribution in [0.4, 0.5) is 0 Å². The third-order valence-electron chi connectivity index (χ3n) is 1.59. The Kier molecular flexibility index (Phi) is 3.72. The van der Waals surface area contributed by atoms with Gasteiger partial charge in [-0.15, -0.1) is 6.58 Å². The molecule has 0 N–H and O–H groups in total. The molecule has 0 spiro atoms. The van der Waals surface area contributed by atoms with Crippen molar-refractivity contribution in [1.29, 1.82) is 0 Å². The maximum absolute atomic E-state index is 5.20. The highest BCUT2D eigenvalue weighted by atomic mass is 16.8. The lowest BCUT2D eigenvalue weighted by Gasteiger charge is -1.92. The molecular weight excluding hydrogens is 156 g/mol. The molecule has 0 aromatic carbocycles. The number of ether oxygens (including phenoxy) is 3. The van der Waals surface area contributed by atoms with Gasteiger partial charge in [0.05, 0.1) is 12.7 Å². The molecule has 2 fully saturated rings. The number of rotatable bonds is 3. The van der Waals surface area contributed by atoms with E-state index in [4.69, 9.17) is 14.2 Å². The van der Waals surface area contributed by atoms with Crippen molar-refractivity contribution in [2.45, 2.75) is 32.3 Å². The Balaban J connectivity index is 0.000000213. The summed E-state index contributed by atoms with van der Waals surface area (Å²) in [6.07, 6.45) is 2.58. The van der Waals surface area contributed by atoms with Crippen molar-refractivity contribution >= 4 is 0 Å². The highest BCUT2D eigenvalue weighted by molar-refractivity contribution is 4.80. The highest BCUT2D eigenvalue weighted by Gasteiger charge is 2.36. The van der Waals surface area contributed by atoms with Gasteiger partial charge in [0.2, 0.25) is 0 Å². The predicted octanol–water partition coefficient (Wildman–Crippen LogP) is 1.34. The number of allylic oxidation sites excluding steroid dienone is 1. The number of hydrogen-bond donors (Lipinski definition) is 0. The standard InChI is InChI=1S/C6H10O3.C3H6/c1-4-5(9-4)2-7-6-3-8-6;1-3-2/h4-6H,2-3H2,1H3;3H,1H2,2H3. The summed E-state index contributed by atoms with van der Waals surface area (Å²) in [6.45, 7) is 8.76. The summed E-state index contributed by atoms with van der Waals surface area (Å²) in [5, 5.41) is 0. The fraction of sp³-hybridized carbons (Fsp3) is 0.778. The van der Waals surface area contributed by atoms with Crippen LogP contribution in [0.5, 0.6) is 0 Å². The van der Waals surface area contributed by atoms with E-state index in [9.17, 15) is 0 Å². The van der Waals surface area contributed by atoms with Crippen LogP contribution in [0.15, 0.2) is 12.7 Å². The molecule has 3 heteroatoms. The summed E-state index contributed by atoms with van der Waals surface area (Å²) in [7, 11) is 0. The van der Waals surface area contributed by atoms with Crippen LogP contribution < -0.4 is 0 Å². The summed E-state index contributed by atoms with van der Waals surface area (Å²) in [5.41, 5.74) is 0. The van der Waals surface area contributed by atoms with Crippen molar-refractivity contribution in [2.75, 3.05) is 13.2 Å². The third kappa shape index (κ3) is 3.85. The zero-order valence-electron chi connectivity index (χ0n) is 7.66. The Morgan fingerprint density at radius 3 is 2.50 bits per heavy atom. The molecule has 0 saturated carbocycles. The van der Waals surface area contributed by atoms with Crippen molar-refractivity contribution < 1.29 is 14.2 Å². The second kappa shape index (κ2) is 4.60. The molecule has 2 rings (SSSR count). The zero-order valence-corrected chi connectivity index (χ0v) is 7.66. The average Bonchev–Trinajstić information content (AvgIpc) is 2.84. The minimum Gasteiger partial charge on any atom is -0.367 e. The molecule has 0 aromatic heterocycles. The second-order valence-electron chi connectivity index (χ2n) is 2.88. The quantitative estimate of drug-likeness (QED) is 0.476. The maximum atomic E-state index is 5.20. The van der Waals surface area contributed by atoms with Crippen molar-refractivity contribution in [1.82, 2.24) is 0 Å².